The number of nitrogens with zero attached hydrogens (tertiary/aromatic N) is 4. The summed E-state index contributed by atoms with van der Waals surface area (Å²) in [6.07, 6.45) is 3.49. The molecule has 0 saturated carbocycles. The fourth-order valence-corrected chi connectivity index (χ4v) is 1.55. The molecule has 0 spiro atoms. The Balaban J connectivity index is 2.20. The quantitative estimate of drug-likeness (QED) is 0.912. The van der Waals surface area contributed by atoms with Crippen LogP contribution in [0.5, 0.6) is 0 Å². The Labute approximate surface area is 113 Å². The first-order valence-corrected chi connectivity index (χ1v) is 6.31. The van der Waals surface area contributed by atoms with Crippen molar-refractivity contribution in [3.8, 4) is 11.5 Å². The molecule has 2 aromatic heterocycles. The van der Waals surface area contributed by atoms with Crippen molar-refractivity contribution in [1.82, 2.24) is 25.3 Å². The third kappa shape index (κ3) is 4.06. The second-order valence-corrected chi connectivity index (χ2v) is 5.46. The number of hydrogen-bond acceptors (Lipinski definition) is 5. The van der Waals surface area contributed by atoms with Gasteiger partial charge in [-0.1, -0.05) is 0 Å². The van der Waals surface area contributed by atoms with Crippen LogP contribution in [0.2, 0.25) is 0 Å². The SMILES string of the molecule is Cc1nccc(-c2nccc(CNC(C)(C)C)n2)n1. The van der Waals surface area contributed by atoms with Crippen molar-refractivity contribution >= 4 is 0 Å². The minimum atomic E-state index is 0.0661. The molecule has 0 aliphatic heterocycles. The third-order valence-electron chi connectivity index (χ3n) is 2.52. The summed E-state index contributed by atoms with van der Waals surface area (Å²) >= 11 is 0. The first-order valence-electron chi connectivity index (χ1n) is 6.31. The van der Waals surface area contributed by atoms with Gasteiger partial charge in [-0.15, -0.1) is 0 Å². The first-order chi connectivity index (χ1) is 8.94. The Hall–Kier alpha value is -1.88. The van der Waals surface area contributed by atoms with E-state index in [0.717, 1.165) is 17.2 Å². The molecule has 1 N–H and O–H groups in total. The van der Waals surface area contributed by atoms with Gasteiger partial charge in [0.15, 0.2) is 5.82 Å². The highest BCUT2D eigenvalue weighted by atomic mass is 15.0. The molecule has 0 aliphatic rings. The maximum Gasteiger partial charge on any atom is 0.178 e. The van der Waals surface area contributed by atoms with Gasteiger partial charge in [0.25, 0.3) is 0 Å². The van der Waals surface area contributed by atoms with E-state index in [1.54, 1.807) is 12.4 Å². The fraction of sp³-hybridized carbons (Fsp3) is 0.429. The van der Waals surface area contributed by atoms with Crippen molar-refractivity contribution in [3.05, 3.63) is 36.0 Å². The number of nitrogens with one attached hydrogen (secondary N) is 1. The summed E-state index contributed by atoms with van der Waals surface area (Å²) in [5.74, 6) is 1.36. The summed E-state index contributed by atoms with van der Waals surface area (Å²) in [5, 5.41) is 3.41. The standard InChI is InChI=1S/C14H19N5/c1-10-15-8-6-12(18-10)13-16-7-5-11(19-13)9-17-14(2,3)4/h5-8,17H,9H2,1-4H3. The molecule has 0 fully saturated rings. The van der Waals surface area contributed by atoms with E-state index in [-0.39, 0.29) is 5.54 Å². The van der Waals surface area contributed by atoms with Crippen LogP contribution in [0.25, 0.3) is 11.5 Å². The molecule has 0 radical (unpaired) electrons. The molecule has 2 aromatic rings. The summed E-state index contributed by atoms with van der Waals surface area (Å²) in [6.45, 7) is 8.95. The van der Waals surface area contributed by atoms with E-state index in [1.807, 2.05) is 19.1 Å². The minimum absolute atomic E-state index is 0.0661. The van der Waals surface area contributed by atoms with Crippen LogP contribution >= 0.6 is 0 Å². The lowest BCUT2D eigenvalue weighted by Gasteiger charge is -2.20. The topological polar surface area (TPSA) is 63.6 Å². The summed E-state index contributed by atoms with van der Waals surface area (Å²) < 4.78 is 0. The van der Waals surface area contributed by atoms with E-state index < -0.39 is 0 Å². The summed E-state index contributed by atoms with van der Waals surface area (Å²) in [5.41, 5.74) is 1.78. The highest BCUT2D eigenvalue weighted by Gasteiger charge is 2.10. The van der Waals surface area contributed by atoms with E-state index in [2.05, 4.69) is 46.0 Å². The summed E-state index contributed by atoms with van der Waals surface area (Å²) in [6, 6.07) is 3.74. The van der Waals surface area contributed by atoms with E-state index in [4.69, 9.17) is 0 Å². The van der Waals surface area contributed by atoms with E-state index in [1.165, 1.54) is 0 Å². The smallest absolute Gasteiger partial charge is 0.178 e. The van der Waals surface area contributed by atoms with E-state index >= 15 is 0 Å². The zero-order valence-corrected chi connectivity index (χ0v) is 11.8. The molecule has 0 aromatic carbocycles. The van der Waals surface area contributed by atoms with Gasteiger partial charge in [-0.25, -0.2) is 19.9 Å². The predicted molar refractivity (Wildman–Crippen MR) is 74.4 cm³/mol. The Kier molecular flexibility index (Phi) is 3.85. The molecular formula is C14H19N5. The largest absolute Gasteiger partial charge is 0.306 e. The van der Waals surface area contributed by atoms with Crippen molar-refractivity contribution in [1.29, 1.82) is 0 Å². The monoisotopic (exact) mass is 257 g/mol. The Bertz CT molecular complexity index is 560. The molecule has 0 saturated heterocycles. The number of rotatable bonds is 3. The Morgan fingerprint density at radius 3 is 2.47 bits per heavy atom. The van der Waals surface area contributed by atoms with Gasteiger partial charge in [-0.3, -0.25) is 0 Å². The van der Waals surface area contributed by atoms with Gasteiger partial charge in [0.05, 0.1) is 5.69 Å². The zero-order valence-electron chi connectivity index (χ0n) is 11.8. The van der Waals surface area contributed by atoms with Crippen LogP contribution in [0, 0.1) is 6.92 Å². The molecule has 5 nitrogen and oxygen atoms in total. The van der Waals surface area contributed by atoms with Crippen LogP contribution < -0.4 is 5.32 Å². The van der Waals surface area contributed by atoms with Crippen molar-refractivity contribution in [2.75, 3.05) is 0 Å². The summed E-state index contributed by atoms with van der Waals surface area (Å²) in [7, 11) is 0. The molecule has 0 unspecified atom stereocenters. The molecule has 0 bridgehead atoms. The molecule has 2 rings (SSSR count). The van der Waals surface area contributed by atoms with Crippen LogP contribution in [0.3, 0.4) is 0 Å². The van der Waals surface area contributed by atoms with Gasteiger partial charge in [0, 0.05) is 24.5 Å². The van der Waals surface area contributed by atoms with Crippen LogP contribution in [0.1, 0.15) is 32.3 Å². The second kappa shape index (κ2) is 5.40. The van der Waals surface area contributed by atoms with Crippen molar-refractivity contribution in [2.24, 2.45) is 0 Å². The molecular weight excluding hydrogens is 238 g/mol. The fourth-order valence-electron chi connectivity index (χ4n) is 1.55. The average Bonchev–Trinajstić information content (AvgIpc) is 2.36. The maximum absolute atomic E-state index is 4.52. The molecule has 0 aliphatic carbocycles. The van der Waals surface area contributed by atoms with E-state index in [0.29, 0.717) is 12.4 Å². The number of hydrogen-bond donors (Lipinski definition) is 1. The van der Waals surface area contributed by atoms with Gasteiger partial charge in [-0.05, 0) is 39.8 Å². The molecule has 0 amide bonds. The average molecular weight is 257 g/mol. The van der Waals surface area contributed by atoms with Crippen molar-refractivity contribution in [3.63, 3.8) is 0 Å². The third-order valence-corrected chi connectivity index (χ3v) is 2.52. The van der Waals surface area contributed by atoms with Gasteiger partial charge in [-0.2, -0.15) is 0 Å². The lowest BCUT2D eigenvalue weighted by Crippen LogP contribution is -2.35. The molecule has 2 heterocycles. The molecule has 0 atom stereocenters. The van der Waals surface area contributed by atoms with Gasteiger partial charge in [0.2, 0.25) is 0 Å². The van der Waals surface area contributed by atoms with Crippen molar-refractivity contribution < 1.29 is 0 Å². The zero-order chi connectivity index (χ0) is 13.9. The lowest BCUT2D eigenvalue weighted by atomic mass is 10.1. The molecule has 19 heavy (non-hydrogen) atoms. The normalized spacial score (nSPS) is 11.6. The predicted octanol–water partition coefficient (Wildman–Crippen LogP) is 2.13. The van der Waals surface area contributed by atoms with E-state index in [9.17, 15) is 0 Å². The Morgan fingerprint density at radius 1 is 1.05 bits per heavy atom. The summed E-state index contributed by atoms with van der Waals surface area (Å²) in [4.78, 5) is 17.2. The highest BCUT2D eigenvalue weighted by Crippen LogP contribution is 2.11. The Morgan fingerprint density at radius 2 is 1.79 bits per heavy atom. The second-order valence-electron chi connectivity index (χ2n) is 5.46. The minimum Gasteiger partial charge on any atom is -0.306 e. The van der Waals surface area contributed by atoms with Crippen LogP contribution in [-0.4, -0.2) is 25.5 Å². The van der Waals surface area contributed by atoms with Gasteiger partial charge in [0.1, 0.15) is 11.5 Å². The van der Waals surface area contributed by atoms with Gasteiger partial charge < -0.3 is 5.32 Å². The maximum atomic E-state index is 4.52. The van der Waals surface area contributed by atoms with Gasteiger partial charge >= 0.3 is 0 Å². The first kappa shape index (κ1) is 13.5. The lowest BCUT2D eigenvalue weighted by molar-refractivity contribution is 0.421. The molecule has 100 valence electrons. The van der Waals surface area contributed by atoms with Crippen molar-refractivity contribution in [2.45, 2.75) is 39.8 Å². The van der Waals surface area contributed by atoms with Crippen LogP contribution in [0.4, 0.5) is 0 Å². The highest BCUT2D eigenvalue weighted by molar-refractivity contribution is 5.47. The number of aryl methyl sites for hydroxylation is 1. The molecule has 5 heteroatoms. The number of aromatic nitrogens is 4. The van der Waals surface area contributed by atoms with Crippen LogP contribution in [-0.2, 0) is 6.54 Å². The van der Waals surface area contributed by atoms with Crippen LogP contribution in [0.15, 0.2) is 24.5 Å².